The number of nitrogens with one attached hydrogen (secondary N) is 1. The van der Waals surface area contributed by atoms with Crippen LogP contribution >= 0.6 is 11.6 Å². The molecule has 1 saturated carbocycles. The number of hydrogen-bond acceptors (Lipinski definition) is 4. The number of halogens is 3. The van der Waals surface area contributed by atoms with E-state index in [0.29, 0.717) is 22.2 Å². The average molecular weight is 432 g/mol. The van der Waals surface area contributed by atoms with E-state index in [1.54, 1.807) is 19.1 Å². The highest BCUT2D eigenvalue weighted by molar-refractivity contribution is 6.34. The summed E-state index contributed by atoms with van der Waals surface area (Å²) in [6.45, 7) is 1.66. The molecule has 1 fully saturated rings. The van der Waals surface area contributed by atoms with Gasteiger partial charge in [-0.25, -0.2) is 8.78 Å². The molecule has 5 nitrogen and oxygen atoms in total. The predicted molar refractivity (Wildman–Crippen MR) is 111 cm³/mol. The van der Waals surface area contributed by atoms with Gasteiger partial charge < -0.3 is 10.2 Å². The van der Waals surface area contributed by atoms with Gasteiger partial charge in [0.15, 0.2) is 0 Å². The van der Waals surface area contributed by atoms with Gasteiger partial charge in [-0.2, -0.15) is 0 Å². The molecular weight excluding hydrogens is 412 g/mol. The predicted octanol–water partition coefficient (Wildman–Crippen LogP) is 4.60. The Hall–Kier alpha value is -2.98. The molecule has 1 aromatic carbocycles. The van der Waals surface area contributed by atoms with E-state index < -0.39 is 24.1 Å². The summed E-state index contributed by atoms with van der Waals surface area (Å²) in [6, 6.07) is 7.32. The molecule has 8 heteroatoms. The minimum Gasteiger partial charge on any atom is -0.399 e. The lowest BCUT2D eigenvalue weighted by Crippen LogP contribution is -2.39. The Morgan fingerprint density at radius 3 is 2.73 bits per heavy atom. The number of nitrogens with zero attached hydrogens (tertiary/aromatic N) is 2. The normalized spacial score (nSPS) is 14.7. The Bertz CT molecular complexity index is 1030. The van der Waals surface area contributed by atoms with Crippen LogP contribution in [0.5, 0.6) is 0 Å². The first-order valence-electron chi connectivity index (χ1n) is 9.37. The molecule has 0 spiro atoms. The van der Waals surface area contributed by atoms with E-state index in [1.165, 1.54) is 25.4 Å². The van der Waals surface area contributed by atoms with Crippen molar-refractivity contribution in [2.24, 2.45) is 11.1 Å². The first kappa shape index (κ1) is 21.7. The van der Waals surface area contributed by atoms with Crippen molar-refractivity contribution < 1.29 is 18.4 Å². The van der Waals surface area contributed by atoms with Gasteiger partial charge in [0.2, 0.25) is 0 Å². The Morgan fingerprint density at radius 2 is 2.10 bits per heavy atom. The van der Waals surface area contributed by atoms with Crippen molar-refractivity contribution in [2.75, 3.05) is 7.11 Å². The van der Waals surface area contributed by atoms with E-state index in [1.807, 2.05) is 6.07 Å². The summed E-state index contributed by atoms with van der Waals surface area (Å²) >= 11 is 6.43. The van der Waals surface area contributed by atoms with Crippen molar-refractivity contribution in [3.05, 3.63) is 63.9 Å². The first-order chi connectivity index (χ1) is 14.4. The molecule has 0 radical (unpaired) electrons. The van der Waals surface area contributed by atoms with Crippen molar-refractivity contribution in [3.8, 4) is 11.8 Å². The summed E-state index contributed by atoms with van der Waals surface area (Å²) in [5.74, 6) is 6.03. The Labute approximate surface area is 178 Å². The maximum Gasteiger partial charge on any atom is 0.281 e. The summed E-state index contributed by atoms with van der Waals surface area (Å²) < 4.78 is 26.3. The van der Waals surface area contributed by atoms with Gasteiger partial charge in [0.25, 0.3) is 12.3 Å². The van der Waals surface area contributed by atoms with Gasteiger partial charge in [-0.1, -0.05) is 34.7 Å². The molecule has 0 saturated heterocycles. The third-order valence-corrected chi connectivity index (χ3v) is 4.79. The zero-order valence-electron chi connectivity index (χ0n) is 16.5. The van der Waals surface area contributed by atoms with Crippen LogP contribution in [0, 0.1) is 17.8 Å². The Balaban J connectivity index is 1.82. The summed E-state index contributed by atoms with van der Waals surface area (Å²) in [6.07, 6.45) is 0.607. The van der Waals surface area contributed by atoms with E-state index in [-0.39, 0.29) is 5.56 Å². The minimum absolute atomic E-state index is 0.201. The summed E-state index contributed by atoms with van der Waals surface area (Å²) in [5.41, 5.74) is 0.890. The topological polar surface area (TPSA) is 63.6 Å². The molecule has 30 heavy (non-hydrogen) atoms. The van der Waals surface area contributed by atoms with Crippen LogP contribution in [0.4, 0.5) is 8.78 Å². The van der Waals surface area contributed by atoms with Crippen LogP contribution in [0.25, 0.3) is 0 Å². The number of oxime groups is 1. The third kappa shape index (κ3) is 5.33. The molecule has 1 aromatic heterocycles. The van der Waals surface area contributed by atoms with Crippen molar-refractivity contribution in [1.82, 2.24) is 10.3 Å². The molecule has 1 heterocycles. The van der Waals surface area contributed by atoms with Crippen molar-refractivity contribution in [1.29, 1.82) is 0 Å². The summed E-state index contributed by atoms with van der Waals surface area (Å²) in [7, 11) is 1.37. The maximum atomic E-state index is 13.2. The SMILES string of the molecule is CO/N=C(\c1ccc(C#CC2CC2)cc1Cl)C(C)NC(=O)c1cccnc1C(F)F. The van der Waals surface area contributed by atoms with Gasteiger partial charge >= 0.3 is 0 Å². The lowest BCUT2D eigenvalue weighted by molar-refractivity contribution is 0.0932. The molecule has 1 aliphatic rings. The van der Waals surface area contributed by atoms with Crippen LogP contribution in [0.2, 0.25) is 5.02 Å². The fourth-order valence-corrected chi connectivity index (χ4v) is 3.08. The highest BCUT2D eigenvalue weighted by Crippen LogP contribution is 2.28. The standard InChI is InChI=1S/C22H20ClF2N3O2/c1-13(27-22(29)17-4-3-11-26-20(17)21(24)25)19(28-30-2)16-10-9-15(12-18(16)23)8-7-14-5-6-14/h3-4,9-14,21H,5-6H2,1-2H3,(H,27,29)/b28-19-. The summed E-state index contributed by atoms with van der Waals surface area (Å²) in [5, 5.41) is 7.04. The second kappa shape index (κ2) is 9.68. The quantitative estimate of drug-likeness (QED) is 0.413. The van der Waals surface area contributed by atoms with Crippen LogP contribution in [0.15, 0.2) is 41.7 Å². The highest BCUT2D eigenvalue weighted by atomic mass is 35.5. The number of alkyl halides is 2. The minimum atomic E-state index is -2.87. The van der Waals surface area contributed by atoms with Crippen LogP contribution in [0.1, 0.15) is 53.4 Å². The molecule has 3 rings (SSSR count). The van der Waals surface area contributed by atoms with Gasteiger partial charge in [-0.15, -0.1) is 0 Å². The Kier molecular flexibility index (Phi) is 7.01. The van der Waals surface area contributed by atoms with Crippen molar-refractivity contribution in [3.63, 3.8) is 0 Å². The first-order valence-corrected chi connectivity index (χ1v) is 9.75. The number of benzene rings is 1. The largest absolute Gasteiger partial charge is 0.399 e. The number of carbonyl (C=O) groups is 1. The molecule has 1 unspecified atom stereocenters. The second-order valence-electron chi connectivity index (χ2n) is 6.83. The average Bonchev–Trinajstić information content (AvgIpc) is 3.55. The molecule has 1 N–H and O–H groups in total. The van der Waals surface area contributed by atoms with Crippen LogP contribution < -0.4 is 5.32 Å². The van der Waals surface area contributed by atoms with Gasteiger partial charge in [0, 0.05) is 23.2 Å². The lowest BCUT2D eigenvalue weighted by Gasteiger charge is -2.18. The molecule has 0 aliphatic heterocycles. The summed E-state index contributed by atoms with van der Waals surface area (Å²) in [4.78, 5) is 21.1. The number of rotatable bonds is 6. The van der Waals surface area contributed by atoms with Crippen molar-refractivity contribution >= 4 is 23.2 Å². The fraction of sp³-hybridized carbons (Fsp3) is 0.318. The van der Waals surface area contributed by atoms with Crippen molar-refractivity contribution in [2.45, 2.75) is 32.2 Å². The number of pyridine rings is 1. The van der Waals surface area contributed by atoms with Gasteiger partial charge in [0.1, 0.15) is 18.5 Å². The zero-order chi connectivity index (χ0) is 21.7. The lowest BCUT2D eigenvalue weighted by atomic mass is 10.0. The third-order valence-electron chi connectivity index (χ3n) is 4.48. The number of aromatic nitrogens is 1. The fourth-order valence-electron chi connectivity index (χ4n) is 2.80. The van der Waals surface area contributed by atoms with E-state index >= 15 is 0 Å². The Morgan fingerprint density at radius 1 is 1.33 bits per heavy atom. The second-order valence-corrected chi connectivity index (χ2v) is 7.24. The van der Waals surface area contributed by atoms with E-state index in [4.69, 9.17) is 16.4 Å². The molecule has 1 aliphatic carbocycles. The van der Waals surface area contributed by atoms with Gasteiger partial charge in [-0.05, 0) is 44.0 Å². The molecule has 156 valence electrons. The van der Waals surface area contributed by atoms with E-state index in [9.17, 15) is 13.6 Å². The molecule has 0 bridgehead atoms. The van der Waals surface area contributed by atoms with Crippen LogP contribution in [-0.4, -0.2) is 29.8 Å². The molecule has 1 atom stereocenters. The smallest absolute Gasteiger partial charge is 0.281 e. The molecular formula is C22H20ClF2N3O2. The van der Waals surface area contributed by atoms with Gasteiger partial charge in [-0.3, -0.25) is 9.78 Å². The highest BCUT2D eigenvalue weighted by Gasteiger charge is 2.24. The van der Waals surface area contributed by atoms with E-state index in [2.05, 4.69) is 27.3 Å². The number of hydrogen-bond donors (Lipinski definition) is 1. The maximum absolute atomic E-state index is 13.2. The van der Waals surface area contributed by atoms with Gasteiger partial charge in [0.05, 0.1) is 16.6 Å². The van der Waals surface area contributed by atoms with E-state index in [0.717, 1.165) is 18.4 Å². The zero-order valence-corrected chi connectivity index (χ0v) is 17.2. The molecule has 1 amide bonds. The molecule has 2 aromatic rings. The van der Waals surface area contributed by atoms with Crippen LogP contribution in [0.3, 0.4) is 0 Å². The van der Waals surface area contributed by atoms with Crippen LogP contribution in [-0.2, 0) is 4.84 Å². The number of carbonyl (C=O) groups excluding carboxylic acids is 1. The monoisotopic (exact) mass is 431 g/mol. The number of amides is 1.